The number of benzene rings is 2. The van der Waals surface area contributed by atoms with E-state index in [0.29, 0.717) is 6.42 Å². The van der Waals surface area contributed by atoms with Crippen LogP contribution in [0.3, 0.4) is 0 Å². The first-order valence-corrected chi connectivity index (χ1v) is 13.6. The molecule has 7 heteroatoms. The molecule has 0 saturated heterocycles. The van der Waals surface area contributed by atoms with Crippen LogP contribution in [0.5, 0.6) is 0 Å². The van der Waals surface area contributed by atoms with Crippen LogP contribution in [0.15, 0.2) is 66.7 Å². The lowest BCUT2D eigenvalue weighted by Gasteiger charge is -2.28. The number of rotatable bonds is 13. The molecular weight excluding hydrogens is 480 g/mol. The van der Waals surface area contributed by atoms with Crippen molar-refractivity contribution < 1.29 is 24.3 Å². The van der Waals surface area contributed by atoms with Gasteiger partial charge in [-0.15, -0.1) is 0 Å². The summed E-state index contributed by atoms with van der Waals surface area (Å²) in [7, 11) is 0. The summed E-state index contributed by atoms with van der Waals surface area (Å²) in [4.78, 5) is 39.7. The van der Waals surface area contributed by atoms with E-state index in [-0.39, 0.29) is 24.9 Å². The first-order chi connectivity index (χ1) is 18.4. The van der Waals surface area contributed by atoms with E-state index in [1.54, 1.807) is 5.48 Å². The molecule has 7 nitrogen and oxygen atoms in total. The molecule has 0 spiro atoms. The van der Waals surface area contributed by atoms with E-state index in [9.17, 15) is 19.6 Å². The van der Waals surface area contributed by atoms with Gasteiger partial charge in [0.25, 0.3) is 0 Å². The maximum atomic E-state index is 13.7. The molecule has 0 aliphatic heterocycles. The van der Waals surface area contributed by atoms with E-state index in [2.05, 4.69) is 5.32 Å². The summed E-state index contributed by atoms with van der Waals surface area (Å²) < 4.78 is 5.77. The van der Waals surface area contributed by atoms with Crippen LogP contribution in [-0.2, 0) is 25.5 Å². The number of carbonyl (C=O) groups excluding carboxylic acids is 3. The van der Waals surface area contributed by atoms with E-state index in [0.717, 1.165) is 36.8 Å². The summed E-state index contributed by atoms with van der Waals surface area (Å²) in [5.74, 6) is -2.94. The van der Waals surface area contributed by atoms with Crippen molar-refractivity contribution in [2.75, 3.05) is 0 Å². The van der Waals surface area contributed by atoms with Gasteiger partial charge in [0.15, 0.2) is 0 Å². The summed E-state index contributed by atoms with van der Waals surface area (Å²) in [5, 5.41) is 12.4. The Bertz CT molecular complexity index is 1050. The summed E-state index contributed by atoms with van der Waals surface area (Å²) in [5.41, 5.74) is 3.61. The van der Waals surface area contributed by atoms with Crippen LogP contribution in [0.1, 0.15) is 63.5 Å². The molecule has 1 unspecified atom stereocenters. The van der Waals surface area contributed by atoms with E-state index < -0.39 is 35.7 Å². The molecule has 38 heavy (non-hydrogen) atoms. The maximum absolute atomic E-state index is 13.7. The molecule has 0 heterocycles. The number of hydrogen-bond acceptors (Lipinski definition) is 5. The van der Waals surface area contributed by atoms with Gasteiger partial charge in [-0.05, 0) is 55.6 Å². The van der Waals surface area contributed by atoms with Gasteiger partial charge in [0.05, 0.1) is 11.8 Å². The maximum Gasteiger partial charge on any atom is 0.329 e. The summed E-state index contributed by atoms with van der Waals surface area (Å²) >= 11 is 0. The Morgan fingerprint density at radius 3 is 2.18 bits per heavy atom. The summed E-state index contributed by atoms with van der Waals surface area (Å²) in [6, 6.07) is 18.3. The quantitative estimate of drug-likeness (QED) is 0.194. The van der Waals surface area contributed by atoms with E-state index in [4.69, 9.17) is 4.74 Å². The third-order valence-electron chi connectivity index (χ3n) is 6.96. The molecule has 1 fully saturated rings. The van der Waals surface area contributed by atoms with Gasteiger partial charge in [-0.1, -0.05) is 86.7 Å². The zero-order valence-corrected chi connectivity index (χ0v) is 22.3. The Balaban J connectivity index is 1.81. The van der Waals surface area contributed by atoms with Gasteiger partial charge in [0.2, 0.25) is 11.8 Å². The second-order valence-electron chi connectivity index (χ2n) is 10.5. The minimum atomic E-state index is -0.877. The lowest BCUT2D eigenvalue weighted by molar-refractivity contribution is -0.153. The number of nitrogens with one attached hydrogen (secondary N) is 2. The lowest BCUT2D eigenvalue weighted by Crippen LogP contribution is -2.49. The third-order valence-corrected chi connectivity index (χ3v) is 6.96. The molecule has 3 N–H and O–H groups in total. The minimum absolute atomic E-state index is 0.107. The van der Waals surface area contributed by atoms with Crippen molar-refractivity contribution in [3.8, 4) is 0 Å². The van der Waals surface area contributed by atoms with Gasteiger partial charge in [-0.2, -0.15) is 0 Å². The molecule has 1 saturated carbocycles. The highest BCUT2D eigenvalue weighted by Gasteiger charge is 2.36. The number of carbonyl (C=O) groups is 3. The molecule has 0 radical (unpaired) electrons. The van der Waals surface area contributed by atoms with Crippen molar-refractivity contribution in [2.24, 2.45) is 17.8 Å². The van der Waals surface area contributed by atoms with Crippen LogP contribution in [0.25, 0.3) is 6.08 Å². The highest BCUT2D eigenvalue weighted by molar-refractivity contribution is 5.90. The van der Waals surface area contributed by atoms with Crippen LogP contribution in [-0.4, -0.2) is 35.1 Å². The topological polar surface area (TPSA) is 105 Å². The summed E-state index contributed by atoms with van der Waals surface area (Å²) in [6.45, 7) is 3.95. The molecule has 3 atom stereocenters. The molecule has 1 aliphatic carbocycles. The van der Waals surface area contributed by atoms with E-state index in [1.165, 1.54) is 0 Å². The van der Waals surface area contributed by atoms with Gasteiger partial charge >= 0.3 is 5.97 Å². The average Bonchev–Trinajstić information content (AvgIpc) is 3.43. The fourth-order valence-electron chi connectivity index (χ4n) is 4.99. The predicted molar refractivity (Wildman–Crippen MR) is 147 cm³/mol. The van der Waals surface area contributed by atoms with Crippen molar-refractivity contribution in [1.82, 2.24) is 10.8 Å². The van der Waals surface area contributed by atoms with Gasteiger partial charge in [0.1, 0.15) is 12.1 Å². The molecule has 2 aromatic carbocycles. The fraction of sp³-hybridized carbons (Fsp3) is 0.452. The number of hydroxylamine groups is 1. The molecule has 2 amide bonds. The number of allylic oxidation sites excluding steroid dienone is 1. The molecule has 204 valence electrons. The van der Waals surface area contributed by atoms with Crippen LogP contribution in [0.2, 0.25) is 0 Å². The zero-order chi connectivity index (χ0) is 27.3. The van der Waals surface area contributed by atoms with Crippen molar-refractivity contribution in [1.29, 1.82) is 0 Å². The second-order valence-corrected chi connectivity index (χ2v) is 10.5. The highest BCUT2D eigenvalue weighted by atomic mass is 16.5. The highest BCUT2D eigenvalue weighted by Crippen LogP contribution is 2.26. The van der Waals surface area contributed by atoms with Crippen molar-refractivity contribution in [3.05, 3.63) is 77.9 Å². The number of hydrogen-bond donors (Lipinski definition) is 3. The normalized spacial score (nSPS) is 16.2. The Morgan fingerprint density at radius 2 is 1.58 bits per heavy atom. The largest absolute Gasteiger partial charge is 0.461 e. The van der Waals surface area contributed by atoms with Crippen LogP contribution < -0.4 is 10.8 Å². The number of amides is 2. The zero-order valence-electron chi connectivity index (χ0n) is 22.3. The van der Waals surface area contributed by atoms with Gasteiger partial charge in [0, 0.05) is 6.42 Å². The monoisotopic (exact) mass is 520 g/mol. The lowest BCUT2D eigenvalue weighted by atomic mass is 9.81. The number of ether oxygens (including phenoxy) is 1. The minimum Gasteiger partial charge on any atom is -0.461 e. The van der Waals surface area contributed by atoms with Crippen LogP contribution >= 0.6 is 0 Å². The standard InChI is InChI=1S/C31H40N2O5/c1-22(2)20-27(26(30(35)33-37)19-11-16-23-12-5-3-6-13-23)29(34)32-28(21-24-14-7-4-8-15-24)31(36)38-25-17-9-10-18-25/h3-8,11-16,22,25-28,37H,9-10,17-21H2,1-2H3,(H,32,34)(H,33,35)/b16-11+/t26-,27+,28?/m0/s1. The van der Waals surface area contributed by atoms with Crippen LogP contribution in [0.4, 0.5) is 0 Å². The SMILES string of the molecule is CC(C)C[C@@H](C(=O)NC(Cc1ccccc1)C(=O)OC1CCCC1)[C@H](C/C=C/c1ccccc1)C(=O)NO. The predicted octanol–water partition coefficient (Wildman–Crippen LogP) is 5.09. The Kier molecular flexibility index (Phi) is 11.6. The van der Waals surface area contributed by atoms with Crippen LogP contribution in [0, 0.1) is 17.8 Å². The molecule has 0 aromatic heterocycles. The molecular formula is C31H40N2O5. The molecule has 3 rings (SSSR count). The van der Waals surface area contributed by atoms with Gasteiger partial charge in [-0.3, -0.25) is 14.8 Å². The first-order valence-electron chi connectivity index (χ1n) is 13.6. The smallest absolute Gasteiger partial charge is 0.329 e. The number of esters is 1. The molecule has 2 aromatic rings. The first kappa shape index (κ1) is 29.1. The molecule has 0 bridgehead atoms. The fourth-order valence-corrected chi connectivity index (χ4v) is 4.99. The molecule has 1 aliphatic rings. The van der Waals surface area contributed by atoms with E-state index >= 15 is 0 Å². The average molecular weight is 521 g/mol. The van der Waals surface area contributed by atoms with Gasteiger partial charge < -0.3 is 10.1 Å². The van der Waals surface area contributed by atoms with Crippen molar-refractivity contribution >= 4 is 23.9 Å². The van der Waals surface area contributed by atoms with Gasteiger partial charge in [-0.25, -0.2) is 10.3 Å². The van der Waals surface area contributed by atoms with Crippen molar-refractivity contribution in [2.45, 2.75) is 70.9 Å². The summed E-state index contributed by atoms with van der Waals surface area (Å²) in [6.07, 6.45) is 8.28. The second kappa shape index (κ2) is 15.1. The Hall–Kier alpha value is -3.45. The Labute approximate surface area is 225 Å². The third kappa shape index (κ3) is 9.14. The van der Waals surface area contributed by atoms with Crippen molar-refractivity contribution in [3.63, 3.8) is 0 Å². The Morgan fingerprint density at radius 1 is 0.947 bits per heavy atom. The van der Waals surface area contributed by atoms with E-state index in [1.807, 2.05) is 86.7 Å².